The summed E-state index contributed by atoms with van der Waals surface area (Å²) in [5.74, 6) is 0.0254. The van der Waals surface area contributed by atoms with Crippen LogP contribution in [0.5, 0.6) is 5.75 Å². The minimum absolute atomic E-state index is 0.221. The molecule has 120 valence electrons. The lowest BCUT2D eigenvalue weighted by atomic mass is 9.95. The molecule has 1 aliphatic rings. The maximum Gasteiger partial charge on any atom is 0.259 e. The van der Waals surface area contributed by atoms with Crippen LogP contribution in [0, 0.1) is 12.7 Å². The molecule has 0 fully saturated rings. The molecule has 23 heavy (non-hydrogen) atoms. The van der Waals surface area contributed by atoms with E-state index in [2.05, 4.69) is 15.9 Å². The zero-order valence-corrected chi connectivity index (χ0v) is 14.6. The summed E-state index contributed by atoms with van der Waals surface area (Å²) in [6.07, 6.45) is 1.78. The van der Waals surface area contributed by atoms with Crippen LogP contribution in [-0.2, 0) is 6.42 Å². The highest BCUT2D eigenvalue weighted by molar-refractivity contribution is 9.10. The average Bonchev–Trinajstić information content (AvgIpc) is 2.56. The lowest BCUT2D eigenvalue weighted by Crippen LogP contribution is -2.36. The van der Waals surface area contributed by atoms with Gasteiger partial charge in [-0.2, -0.15) is 0 Å². The number of methoxy groups -OCH3 is 1. The normalized spacial score (nSPS) is 13.7. The van der Waals surface area contributed by atoms with Gasteiger partial charge in [0.15, 0.2) is 0 Å². The first kappa shape index (κ1) is 16.0. The third-order valence-corrected chi connectivity index (χ3v) is 4.87. The molecule has 0 spiro atoms. The number of carbonyl (C=O) groups is 1. The fraction of sp³-hybridized carbons (Fsp3) is 0.278. The molecule has 5 heteroatoms. The van der Waals surface area contributed by atoms with Gasteiger partial charge in [0.25, 0.3) is 5.91 Å². The Morgan fingerprint density at radius 3 is 2.83 bits per heavy atom. The zero-order valence-electron chi connectivity index (χ0n) is 13.0. The first-order valence-corrected chi connectivity index (χ1v) is 8.25. The topological polar surface area (TPSA) is 29.5 Å². The van der Waals surface area contributed by atoms with Gasteiger partial charge in [-0.1, -0.05) is 6.07 Å². The van der Waals surface area contributed by atoms with Gasteiger partial charge in [-0.3, -0.25) is 4.79 Å². The number of amides is 1. The monoisotopic (exact) mass is 377 g/mol. The SMILES string of the molecule is COc1ccc(C)c2c1N(C(=O)c1cc(F)ccc1Br)CCC2. The predicted octanol–water partition coefficient (Wildman–Crippen LogP) is 4.50. The molecular formula is C18H17BrFNO2. The number of anilines is 1. The Morgan fingerprint density at radius 2 is 2.09 bits per heavy atom. The molecule has 2 aromatic rings. The van der Waals surface area contributed by atoms with Crippen molar-refractivity contribution in [2.24, 2.45) is 0 Å². The second-order valence-electron chi connectivity index (χ2n) is 5.60. The van der Waals surface area contributed by atoms with Crippen LogP contribution < -0.4 is 9.64 Å². The van der Waals surface area contributed by atoms with Crippen molar-refractivity contribution in [1.29, 1.82) is 0 Å². The summed E-state index contributed by atoms with van der Waals surface area (Å²) in [7, 11) is 1.60. The highest BCUT2D eigenvalue weighted by Gasteiger charge is 2.29. The maximum atomic E-state index is 13.6. The number of hydrogen-bond acceptors (Lipinski definition) is 2. The Labute approximate surface area is 143 Å². The van der Waals surface area contributed by atoms with Crippen molar-refractivity contribution in [2.45, 2.75) is 19.8 Å². The highest BCUT2D eigenvalue weighted by atomic mass is 79.9. The molecule has 0 atom stereocenters. The molecule has 0 radical (unpaired) electrons. The number of benzene rings is 2. The minimum atomic E-state index is -0.426. The molecule has 3 nitrogen and oxygen atoms in total. The molecule has 0 saturated carbocycles. The summed E-state index contributed by atoms with van der Waals surface area (Å²) >= 11 is 3.34. The van der Waals surface area contributed by atoms with E-state index in [1.165, 1.54) is 12.1 Å². The number of nitrogens with zero attached hydrogens (tertiary/aromatic N) is 1. The molecule has 2 aromatic carbocycles. The quantitative estimate of drug-likeness (QED) is 0.770. The zero-order chi connectivity index (χ0) is 16.6. The molecule has 0 unspecified atom stereocenters. The van der Waals surface area contributed by atoms with Gasteiger partial charge in [-0.05, 0) is 71.1 Å². The fourth-order valence-corrected chi connectivity index (χ4v) is 3.44. The summed E-state index contributed by atoms with van der Waals surface area (Å²) in [4.78, 5) is 14.7. The number of aryl methyl sites for hydroxylation is 1. The Balaban J connectivity index is 2.11. The lowest BCUT2D eigenvalue weighted by Gasteiger charge is -2.32. The van der Waals surface area contributed by atoms with Crippen LogP contribution in [0.2, 0.25) is 0 Å². The van der Waals surface area contributed by atoms with E-state index in [1.54, 1.807) is 18.1 Å². The van der Waals surface area contributed by atoms with Gasteiger partial charge in [0.1, 0.15) is 11.6 Å². The molecule has 1 amide bonds. The molecule has 0 aromatic heterocycles. The molecule has 3 rings (SSSR count). The molecule has 1 aliphatic heterocycles. The van der Waals surface area contributed by atoms with Crippen molar-refractivity contribution < 1.29 is 13.9 Å². The van der Waals surface area contributed by atoms with Crippen molar-refractivity contribution in [1.82, 2.24) is 0 Å². The van der Waals surface area contributed by atoms with Gasteiger partial charge in [0, 0.05) is 11.0 Å². The first-order valence-electron chi connectivity index (χ1n) is 7.46. The average molecular weight is 378 g/mol. The molecule has 0 aliphatic carbocycles. The van der Waals surface area contributed by atoms with Crippen molar-refractivity contribution >= 4 is 27.5 Å². The van der Waals surface area contributed by atoms with E-state index in [4.69, 9.17) is 4.74 Å². The Morgan fingerprint density at radius 1 is 1.30 bits per heavy atom. The molecule has 0 saturated heterocycles. The van der Waals surface area contributed by atoms with Gasteiger partial charge < -0.3 is 9.64 Å². The third kappa shape index (κ3) is 2.85. The van der Waals surface area contributed by atoms with Crippen molar-refractivity contribution in [3.63, 3.8) is 0 Å². The third-order valence-electron chi connectivity index (χ3n) is 4.18. The van der Waals surface area contributed by atoms with Crippen molar-refractivity contribution in [3.8, 4) is 5.75 Å². The number of fused-ring (bicyclic) bond motifs is 1. The second kappa shape index (κ2) is 6.32. The van der Waals surface area contributed by atoms with E-state index in [0.29, 0.717) is 22.3 Å². The second-order valence-corrected chi connectivity index (χ2v) is 6.45. The van der Waals surface area contributed by atoms with Crippen LogP contribution in [0.4, 0.5) is 10.1 Å². The Kier molecular flexibility index (Phi) is 4.39. The van der Waals surface area contributed by atoms with Crippen LogP contribution in [0.25, 0.3) is 0 Å². The van der Waals surface area contributed by atoms with Crippen LogP contribution in [0.15, 0.2) is 34.8 Å². The molecule has 1 heterocycles. The lowest BCUT2D eigenvalue weighted by molar-refractivity contribution is 0.0983. The van der Waals surface area contributed by atoms with Gasteiger partial charge in [-0.15, -0.1) is 0 Å². The first-order chi connectivity index (χ1) is 11.0. The number of rotatable bonds is 2. The van der Waals surface area contributed by atoms with Gasteiger partial charge in [-0.25, -0.2) is 4.39 Å². The number of ether oxygens (including phenoxy) is 1. The summed E-state index contributed by atoms with van der Waals surface area (Å²) < 4.78 is 19.6. The van der Waals surface area contributed by atoms with E-state index in [1.807, 2.05) is 19.1 Å². The predicted molar refractivity (Wildman–Crippen MR) is 91.8 cm³/mol. The van der Waals surface area contributed by atoms with Crippen LogP contribution in [0.3, 0.4) is 0 Å². The largest absolute Gasteiger partial charge is 0.495 e. The summed E-state index contributed by atoms with van der Waals surface area (Å²) in [6, 6.07) is 8.03. The summed E-state index contributed by atoms with van der Waals surface area (Å²) in [6.45, 7) is 2.62. The van der Waals surface area contributed by atoms with Crippen molar-refractivity contribution in [3.05, 3.63) is 57.3 Å². The van der Waals surface area contributed by atoms with Gasteiger partial charge in [0.05, 0.1) is 18.4 Å². The Hall–Kier alpha value is -1.88. The smallest absolute Gasteiger partial charge is 0.259 e. The maximum absolute atomic E-state index is 13.6. The van der Waals surface area contributed by atoms with Crippen LogP contribution in [-0.4, -0.2) is 19.6 Å². The number of hydrogen-bond donors (Lipinski definition) is 0. The Bertz CT molecular complexity index is 776. The van der Waals surface area contributed by atoms with Crippen molar-refractivity contribution in [2.75, 3.05) is 18.6 Å². The minimum Gasteiger partial charge on any atom is -0.495 e. The van der Waals surface area contributed by atoms with E-state index < -0.39 is 5.82 Å². The number of halogens is 2. The molecule has 0 bridgehead atoms. The van der Waals surface area contributed by atoms with E-state index in [-0.39, 0.29) is 5.91 Å². The standard InChI is InChI=1S/C18H17BrFNO2/c1-11-5-8-16(23-2)17-13(11)4-3-9-21(17)18(22)14-10-12(20)6-7-15(14)19/h5-8,10H,3-4,9H2,1-2H3. The van der Waals surface area contributed by atoms with Crippen LogP contribution in [0.1, 0.15) is 27.9 Å². The van der Waals surface area contributed by atoms with E-state index in [9.17, 15) is 9.18 Å². The van der Waals surface area contributed by atoms with Crippen LogP contribution >= 0.6 is 15.9 Å². The van der Waals surface area contributed by atoms with Gasteiger partial charge in [0.2, 0.25) is 0 Å². The highest BCUT2D eigenvalue weighted by Crippen LogP contribution is 2.39. The summed E-state index contributed by atoms with van der Waals surface area (Å²) in [5.41, 5.74) is 3.38. The van der Waals surface area contributed by atoms with E-state index in [0.717, 1.165) is 29.7 Å². The molecule has 0 N–H and O–H groups in total. The molecular weight excluding hydrogens is 361 g/mol. The fourth-order valence-electron chi connectivity index (χ4n) is 3.03. The van der Waals surface area contributed by atoms with Gasteiger partial charge >= 0.3 is 0 Å². The number of carbonyl (C=O) groups excluding carboxylic acids is 1. The summed E-state index contributed by atoms with van der Waals surface area (Å²) in [5, 5.41) is 0. The van der Waals surface area contributed by atoms with E-state index >= 15 is 0 Å².